The van der Waals surface area contributed by atoms with Crippen LogP contribution in [-0.4, -0.2) is 11.6 Å². The molecule has 0 amide bonds. The second-order valence-electron chi connectivity index (χ2n) is 5.23. The molecule has 2 aromatic rings. The monoisotopic (exact) mass is 304 g/mol. The highest BCUT2D eigenvalue weighted by Crippen LogP contribution is 2.22. The molecule has 0 atom stereocenters. The second-order valence-corrected chi connectivity index (χ2v) is 6.40. The Balaban J connectivity index is 1.95. The Labute approximate surface area is 131 Å². The van der Waals surface area contributed by atoms with Gasteiger partial charge in [-0.3, -0.25) is 0 Å². The lowest BCUT2D eigenvalue weighted by Crippen LogP contribution is -2.03. The van der Waals surface area contributed by atoms with Crippen molar-refractivity contribution >= 4 is 11.3 Å². The van der Waals surface area contributed by atoms with Crippen molar-refractivity contribution in [2.24, 2.45) is 5.73 Å². The van der Waals surface area contributed by atoms with Gasteiger partial charge in [0, 0.05) is 17.8 Å². The van der Waals surface area contributed by atoms with Gasteiger partial charge in [0.2, 0.25) is 0 Å². The van der Waals surface area contributed by atoms with Crippen LogP contribution in [0.15, 0.2) is 18.2 Å². The average Bonchev–Trinajstić information content (AvgIpc) is 2.86. The van der Waals surface area contributed by atoms with Crippen LogP contribution in [0.1, 0.15) is 40.1 Å². The molecule has 1 aromatic heterocycles. The molecule has 0 unspecified atom stereocenters. The maximum absolute atomic E-state index is 5.90. The number of hydrogen-bond donors (Lipinski definition) is 1. The minimum absolute atomic E-state index is 0.588. The minimum Gasteiger partial charge on any atom is -0.493 e. The van der Waals surface area contributed by atoms with Crippen LogP contribution in [0.5, 0.6) is 5.75 Å². The van der Waals surface area contributed by atoms with Crippen LogP contribution in [-0.2, 0) is 19.4 Å². The van der Waals surface area contributed by atoms with E-state index in [2.05, 4.69) is 26.8 Å². The van der Waals surface area contributed by atoms with Crippen LogP contribution in [0.25, 0.3) is 0 Å². The van der Waals surface area contributed by atoms with E-state index in [0.717, 1.165) is 30.0 Å². The molecule has 1 aromatic carbocycles. The van der Waals surface area contributed by atoms with Gasteiger partial charge in [-0.2, -0.15) is 0 Å². The molecule has 4 heteroatoms. The van der Waals surface area contributed by atoms with Gasteiger partial charge in [-0.05, 0) is 37.5 Å². The van der Waals surface area contributed by atoms with Gasteiger partial charge in [0.15, 0.2) is 0 Å². The lowest BCUT2D eigenvalue weighted by Gasteiger charge is -2.09. The van der Waals surface area contributed by atoms with Gasteiger partial charge in [-0.15, -0.1) is 11.3 Å². The normalized spacial score (nSPS) is 10.9. The van der Waals surface area contributed by atoms with Crippen molar-refractivity contribution in [3.63, 3.8) is 0 Å². The van der Waals surface area contributed by atoms with Gasteiger partial charge in [-0.1, -0.05) is 25.5 Å². The number of nitrogens with zero attached hydrogens (tertiary/aromatic N) is 1. The fourth-order valence-electron chi connectivity index (χ4n) is 2.26. The summed E-state index contributed by atoms with van der Waals surface area (Å²) in [4.78, 5) is 5.92. The van der Waals surface area contributed by atoms with Crippen molar-refractivity contribution in [2.75, 3.05) is 6.61 Å². The molecule has 2 N–H and O–H groups in total. The Hall–Kier alpha value is -1.39. The maximum atomic E-state index is 5.90. The average molecular weight is 304 g/mol. The summed E-state index contributed by atoms with van der Waals surface area (Å²) in [6.07, 6.45) is 2.96. The molecule has 21 heavy (non-hydrogen) atoms. The third kappa shape index (κ3) is 4.05. The van der Waals surface area contributed by atoms with Gasteiger partial charge in [0.05, 0.1) is 17.3 Å². The van der Waals surface area contributed by atoms with Crippen molar-refractivity contribution < 1.29 is 4.74 Å². The Kier molecular flexibility index (Phi) is 5.76. The number of benzene rings is 1. The largest absolute Gasteiger partial charge is 0.493 e. The van der Waals surface area contributed by atoms with E-state index in [1.807, 2.05) is 12.1 Å². The predicted molar refractivity (Wildman–Crippen MR) is 89.1 cm³/mol. The number of aromatic nitrogens is 1. The number of nitrogens with two attached hydrogens (primary N) is 1. The molecule has 0 aliphatic rings. The molecule has 0 bridgehead atoms. The van der Waals surface area contributed by atoms with Crippen LogP contribution in [0.3, 0.4) is 0 Å². The standard InChI is InChI=1S/C17H24N2OS/c1-4-6-14-16(11-18)21-17(19-14)9-10-20-15-8-5-7-12(2)13(15)3/h5,7-8H,4,6,9-11,18H2,1-3H3. The van der Waals surface area contributed by atoms with Gasteiger partial charge in [0.25, 0.3) is 0 Å². The smallest absolute Gasteiger partial charge is 0.122 e. The summed E-state index contributed by atoms with van der Waals surface area (Å²) in [5.41, 5.74) is 9.44. The Morgan fingerprint density at radius 1 is 1.24 bits per heavy atom. The van der Waals surface area contributed by atoms with E-state index in [1.54, 1.807) is 11.3 Å². The SMILES string of the molecule is CCCc1nc(CCOc2cccc(C)c2C)sc1CN. The summed E-state index contributed by atoms with van der Waals surface area (Å²) in [6, 6.07) is 6.17. The summed E-state index contributed by atoms with van der Waals surface area (Å²) in [5, 5.41) is 1.13. The van der Waals surface area contributed by atoms with Crippen LogP contribution in [0.4, 0.5) is 0 Å². The molecule has 114 valence electrons. The highest BCUT2D eigenvalue weighted by Gasteiger charge is 2.09. The lowest BCUT2D eigenvalue weighted by molar-refractivity contribution is 0.319. The quantitative estimate of drug-likeness (QED) is 0.846. The van der Waals surface area contributed by atoms with E-state index >= 15 is 0 Å². The van der Waals surface area contributed by atoms with Crippen molar-refractivity contribution in [1.29, 1.82) is 0 Å². The van der Waals surface area contributed by atoms with Crippen LogP contribution < -0.4 is 10.5 Å². The number of aryl methyl sites for hydroxylation is 2. The molecule has 0 saturated heterocycles. The van der Waals surface area contributed by atoms with Gasteiger partial charge in [0.1, 0.15) is 5.75 Å². The van der Waals surface area contributed by atoms with Crippen LogP contribution in [0.2, 0.25) is 0 Å². The number of thiazole rings is 1. The number of rotatable bonds is 7. The zero-order chi connectivity index (χ0) is 15.2. The zero-order valence-corrected chi connectivity index (χ0v) is 13.9. The first-order valence-corrected chi connectivity index (χ1v) is 8.33. The van der Waals surface area contributed by atoms with E-state index < -0.39 is 0 Å². The topological polar surface area (TPSA) is 48.1 Å². The molecular weight excluding hydrogens is 280 g/mol. The molecule has 0 fully saturated rings. The molecule has 0 aliphatic heterocycles. The number of hydrogen-bond acceptors (Lipinski definition) is 4. The van der Waals surface area contributed by atoms with Crippen molar-refractivity contribution in [2.45, 2.75) is 46.6 Å². The Morgan fingerprint density at radius 2 is 2.05 bits per heavy atom. The second kappa shape index (κ2) is 7.57. The predicted octanol–water partition coefficient (Wildman–Crippen LogP) is 3.79. The summed E-state index contributed by atoms with van der Waals surface area (Å²) in [5.74, 6) is 0.972. The van der Waals surface area contributed by atoms with E-state index in [0.29, 0.717) is 13.2 Å². The highest BCUT2D eigenvalue weighted by molar-refractivity contribution is 7.11. The van der Waals surface area contributed by atoms with Crippen molar-refractivity contribution in [3.05, 3.63) is 44.9 Å². The van der Waals surface area contributed by atoms with Gasteiger partial charge < -0.3 is 10.5 Å². The summed E-state index contributed by atoms with van der Waals surface area (Å²) in [6.45, 7) is 7.62. The molecule has 3 nitrogen and oxygen atoms in total. The Bertz CT molecular complexity index is 592. The maximum Gasteiger partial charge on any atom is 0.122 e. The molecule has 1 heterocycles. The third-order valence-electron chi connectivity index (χ3n) is 3.62. The van der Waals surface area contributed by atoms with Gasteiger partial charge in [-0.25, -0.2) is 4.98 Å². The molecule has 0 radical (unpaired) electrons. The third-order valence-corrected chi connectivity index (χ3v) is 4.80. The first-order chi connectivity index (χ1) is 10.2. The fraction of sp³-hybridized carbons (Fsp3) is 0.471. The van der Waals surface area contributed by atoms with E-state index in [-0.39, 0.29) is 0 Å². The first kappa shape index (κ1) is 16.0. The molecular formula is C17H24N2OS. The lowest BCUT2D eigenvalue weighted by atomic mass is 10.1. The molecule has 2 rings (SSSR count). The summed E-state index contributed by atoms with van der Waals surface area (Å²) >= 11 is 1.73. The van der Waals surface area contributed by atoms with Crippen molar-refractivity contribution in [3.8, 4) is 5.75 Å². The van der Waals surface area contributed by atoms with Crippen LogP contribution >= 0.6 is 11.3 Å². The van der Waals surface area contributed by atoms with E-state index in [1.165, 1.54) is 21.7 Å². The van der Waals surface area contributed by atoms with Crippen LogP contribution in [0, 0.1) is 13.8 Å². The summed E-state index contributed by atoms with van der Waals surface area (Å²) < 4.78 is 5.90. The minimum atomic E-state index is 0.588. The summed E-state index contributed by atoms with van der Waals surface area (Å²) in [7, 11) is 0. The Morgan fingerprint density at radius 3 is 2.76 bits per heavy atom. The zero-order valence-electron chi connectivity index (χ0n) is 13.1. The molecule has 0 saturated carbocycles. The van der Waals surface area contributed by atoms with Crippen molar-refractivity contribution in [1.82, 2.24) is 4.98 Å². The van der Waals surface area contributed by atoms with E-state index in [4.69, 9.17) is 15.5 Å². The first-order valence-electron chi connectivity index (χ1n) is 7.52. The van der Waals surface area contributed by atoms with E-state index in [9.17, 15) is 0 Å². The highest BCUT2D eigenvalue weighted by atomic mass is 32.1. The van der Waals surface area contributed by atoms with Gasteiger partial charge >= 0.3 is 0 Å². The molecule has 0 aliphatic carbocycles. The number of ether oxygens (including phenoxy) is 1. The molecule has 0 spiro atoms. The fourth-order valence-corrected chi connectivity index (χ4v) is 3.24.